The number of rotatable bonds is 12. The van der Waals surface area contributed by atoms with Gasteiger partial charge in [-0.2, -0.15) is 0 Å². The summed E-state index contributed by atoms with van der Waals surface area (Å²) in [6.45, 7) is 9.03. The normalized spacial score (nSPS) is 23.0. The first-order valence-electron chi connectivity index (χ1n) is 21.1. The zero-order valence-corrected chi connectivity index (χ0v) is 32.2. The Balaban J connectivity index is 1.61. The van der Waals surface area contributed by atoms with Gasteiger partial charge in [-0.25, -0.2) is 0 Å². The van der Waals surface area contributed by atoms with Gasteiger partial charge < -0.3 is 10.2 Å². The van der Waals surface area contributed by atoms with Gasteiger partial charge in [0.1, 0.15) is 5.78 Å². The molecule has 0 aliphatic heterocycles. The molecule has 0 heterocycles. The Labute approximate surface area is 305 Å². The van der Waals surface area contributed by atoms with Crippen molar-refractivity contribution in [3.8, 4) is 0 Å². The lowest BCUT2D eigenvalue weighted by Gasteiger charge is -2.59. The maximum absolute atomic E-state index is 16.8. The molecule has 4 fully saturated rings. The summed E-state index contributed by atoms with van der Waals surface area (Å²) < 4.78 is 0. The Bertz CT molecular complexity index is 1200. The van der Waals surface area contributed by atoms with E-state index >= 15 is 4.79 Å². The van der Waals surface area contributed by atoms with E-state index in [1.54, 1.807) is 0 Å². The fourth-order valence-corrected chi connectivity index (χ4v) is 12.4. The van der Waals surface area contributed by atoms with Crippen molar-refractivity contribution in [2.45, 2.75) is 178 Å². The Hall–Kier alpha value is -1.97. The van der Waals surface area contributed by atoms with E-state index in [9.17, 15) is 10.2 Å². The number of hydrogen-bond acceptors (Lipinski definition) is 3. The third kappa shape index (κ3) is 7.18. The van der Waals surface area contributed by atoms with Crippen LogP contribution in [-0.4, -0.2) is 27.2 Å². The topological polar surface area (TPSA) is 57.5 Å². The Morgan fingerprint density at radius 1 is 0.460 bits per heavy atom. The van der Waals surface area contributed by atoms with Gasteiger partial charge in [0, 0.05) is 10.8 Å². The number of carbonyl (C=O) groups is 1. The third-order valence-electron chi connectivity index (χ3n) is 15.0. The minimum Gasteiger partial charge on any atom is -0.389 e. The maximum atomic E-state index is 16.8. The van der Waals surface area contributed by atoms with Crippen LogP contribution in [0, 0.1) is 35.5 Å². The van der Waals surface area contributed by atoms with E-state index < -0.39 is 33.9 Å². The van der Waals surface area contributed by atoms with Crippen molar-refractivity contribution >= 4 is 5.78 Å². The molecule has 0 bridgehead atoms. The highest BCUT2D eigenvalue weighted by atomic mass is 16.3. The monoisotopic (exact) mass is 683 g/mol. The Morgan fingerprint density at radius 2 is 0.700 bits per heavy atom. The average molecular weight is 683 g/mol. The summed E-state index contributed by atoms with van der Waals surface area (Å²) in [6, 6.07) is 21.3. The fourth-order valence-electron chi connectivity index (χ4n) is 12.4. The van der Waals surface area contributed by atoms with Gasteiger partial charge in [0.25, 0.3) is 0 Å². The first kappa shape index (κ1) is 37.8. The molecule has 2 aromatic rings. The van der Waals surface area contributed by atoms with E-state index in [0.717, 1.165) is 114 Å². The van der Waals surface area contributed by atoms with Crippen molar-refractivity contribution in [1.29, 1.82) is 0 Å². The molecule has 3 heteroatoms. The summed E-state index contributed by atoms with van der Waals surface area (Å²) >= 11 is 0. The standard InChI is InChI=1S/C47H70O3/c1-44(2,35-23-11-5-12-24-35)42(46(49,37-27-15-7-16-28-37)38-29-17-8-18-30-38)41(48)43(45(3,4)36-25-13-6-14-26-36)47(50,39-31-19-9-20-32-39)40-33-21-10-22-34-40/h5-6,11-14,23-26,37-40,42-43,49-50H,7-10,15-22,27-34H2,1-4H3. The quantitative estimate of drug-likeness (QED) is 0.234. The van der Waals surface area contributed by atoms with Gasteiger partial charge in [-0.1, -0.05) is 165 Å². The lowest BCUT2D eigenvalue weighted by molar-refractivity contribution is -0.193. The second kappa shape index (κ2) is 16.0. The van der Waals surface area contributed by atoms with Crippen LogP contribution in [-0.2, 0) is 15.6 Å². The largest absolute Gasteiger partial charge is 0.389 e. The fraction of sp³-hybridized carbons (Fsp3) is 0.723. The van der Waals surface area contributed by atoms with Gasteiger partial charge in [0.05, 0.1) is 23.0 Å². The zero-order chi connectivity index (χ0) is 35.4. The van der Waals surface area contributed by atoms with Gasteiger partial charge in [-0.05, 0) is 86.2 Å². The van der Waals surface area contributed by atoms with E-state index in [-0.39, 0.29) is 29.5 Å². The summed E-state index contributed by atoms with van der Waals surface area (Å²) in [6.07, 6.45) is 21.8. The van der Waals surface area contributed by atoms with Crippen molar-refractivity contribution in [3.05, 3.63) is 71.8 Å². The molecule has 2 N–H and O–H groups in total. The minimum absolute atomic E-state index is 0.0919. The van der Waals surface area contributed by atoms with Crippen LogP contribution in [0.4, 0.5) is 0 Å². The van der Waals surface area contributed by atoms with Crippen molar-refractivity contribution in [2.75, 3.05) is 0 Å². The maximum Gasteiger partial charge on any atom is 0.146 e. The first-order chi connectivity index (χ1) is 24.0. The molecule has 4 aliphatic carbocycles. The lowest BCUT2D eigenvalue weighted by atomic mass is 9.47. The SMILES string of the molecule is CC(C)(c1ccccc1)C(C(=O)C(C(C)(C)c1ccccc1)C(O)(C1CCCCC1)C1CCCCC1)C(O)(C1CCCCC1)C1CCCCC1. The van der Waals surface area contributed by atoms with Crippen LogP contribution in [0.5, 0.6) is 0 Å². The summed E-state index contributed by atoms with van der Waals surface area (Å²) in [5.41, 5.74) is -1.29. The number of ketones is 1. The van der Waals surface area contributed by atoms with E-state index in [1.165, 1.54) is 25.7 Å². The molecule has 4 saturated carbocycles. The van der Waals surface area contributed by atoms with Crippen LogP contribution in [0.3, 0.4) is 0 Å². The van der Waals surface area contributed by atoms with Gasteiger partial charge >= 0.3 is 0 Å². The molecule has 276 valence electrons. The molecular formula is C47H70O3. The van der Waals surface area contributed by atoms with Gasteiger partial charge in [-0.3, -0.25) is 4.79 Å². The Morgan fingerprint density at radius 3 is 0.940 bits per heavy atom. The molecule has 3 nitrogen and oxygen atoms in total. The number of Topliss-reactive ketones (excluding diaryl/α,β-unsaturated/α-hetero) is 1. The number of benzene rings is 2. The molecule has 4 aliphatic rings. The van der Waals surface area contributed by atoms with Crippen LogP contribution in [0.15, 0.2) is 60.7 Å². The van der Waals surface area contributed by atoms with Crippen molar-refractivity contribution in [1.82, 2.24) is 0 Å². The van der Waals surface area contributed by atoms with E-state index in [1.807, 2.05) is 0 Å². The van der Waals surface area contributed by atoms with Crippen LogP contribution < -0.4 is 0 Å². The zero-order valence-electron chi connectivity index (χ0n) is 32.2. The molecule has 0 aromatic heterocycles. The summed E-state index contributed by atoms with van der Waals surface area (Å²) in [5.74, 6) is -0.748. The molecule has 0 amide bonds. The molecular weight excluding hydrogens is 613 g/mol. The smallest absolute Gasteiger partial charge is 0.146 e. The number of hydrogen-bond donors (Lipinski definition) is 2. The van der Waals surface area contributed by atoms with E-state index in [4.69, 9.17) is 0 Å². The van der Waals surface area contributed by atoms with Crippen molar-refractivity contribution in [3.63, 3.8) is 0 Å². The summed E-state index contributed by atoms with van der Waals surface area (Å²) in [5, 5.41) is 28.1. The van der Waals surface area contributed by atoms with Crippen LogP contribution in [0.1, 0.15) is 167 Å². The molecule has 0 spiro atoms. The Kier molecular flexibility index (Phi) is 12.1. The van der Waals surface area contributed by atoms with Gasteiger partial charge in [0.2, 0.25) is 0 Å². The number of carbonyl (C=O) groups excluding carboxylic acids is 1. The molecule has 0 radical (unpaired) electrons. The highest BCUT2D eigenvalue weighted by Gasteiger charge is 2.64. The van der Waals surface area contributed by atoms with Gasteiger partial charge in [0.15, 0.2) is 0 Å². The second-order valence-corrected chi connectivity index (χ2v) is 18.6. The van der Waals surface area contributed by atoms with E-state index in [2.05, 4.69) is 88.4 Å². The highest BCUT2D eigenvalue weighted by Crippen LogP contribution is 2.58. The van der Waals surface area contributed by atoms with Crippen molar-refractivity contribution in [2.24, 2.45) is 35.5 Å². The molecule has 2 unspecified atom stereocenters. The summed E-state index contributed by atoms with van der Waals surface area (Å²) in [7, 11) is 0. The molecule has 6 rings (SSSR count). The molecule has 2 atom stereocenters. The summed E-state index contributed by atoms with van der Waals surface area (Å²) in [4.78, 5) is 16.8. The predicted molar refractivity (Wildman–Crippen MR) is 207 cm³/mol. The van der Waals surface area contributed by atoms with Crippen LogP contribution >= 0.6 is 0 Å². The predicted octanol–water partition coefficient (Wildman–Crippen LogP) is 11.5. The second-order valence-electron chi connectivity index (χ2n) is 18.6. The van der Waals surface area contributed by atoms with Gasteiger partial charge in [-0.15, -0.1) is 0 Å². The molecule has 50 heavy (non-hydrogen) atoms. The number of aliphatic hydroxyl groups is 2. The molecule has 0 saturated heterocycles. The van der Waals surface area contributed by atoms with E-state index in [0.29, 0.717) is 0 Å². The first-order valence-corrected chi connectivity index (χ1v) is 21.1. The minimum atomic E-state index is -1.14. The van der Waals surface area contributed by atoms with Crippen molar-refractivity contribution < 1.29 is 15.0 Å². The van der Waals surface area contributed by atoms with Crippen LogP contribution in [0.25, 0.3) is 0 Å². The third-order valence-corrected chi connectivity index (χ3v) is 15.0. The lowest BCUT2D eigenvalue weighted by Crippen LogP contribution is -2.67. The average Bonchev–Trinajstić information content (AvgIpc) is 3.16. The highest BCUT2D eigenvalue weighted by molar-refractivity contribution is 5.89. The molecule has 2 aromatic carbocycles. The van der Waals surface area contributed by atoms with Crippen LogP contribution in [0.2, 0.25) is 0 Å².